The van der Waals surface area contributed by atoms with Gasteiger partial charge in [0.05, 0.1) is 18.1 Å². The van der Waals surface area contributed by atoms with Gasteiger partial charge in [0.2, 0.25) is 5.91 Å². The van der Waals surface area contributed by atoms with Gasteiger partial charge in [0, 0.05) is 5.69 Å². The number of rotatable bonds is 9. The van der Waals surface area contributed by atoms with Crippen LogP contribution in [0.2, 0.25) is 0 Å². The van der Waals surface area contributed by atoms with Gasteiger partial charge in [0.1, 0.15) is 6.54 Å². The zero-order valence-electron chi connectivity index (χ0n) is 19.2. The molecule has 0 aromatic heterocycles. The van der Waals surface area contributed by atoms with Gasteiger partial charge in [0.15, 0.2) is 11.5 Å². The summed E-state index contributed by atoms with van der Waals surface area (Å²) >= 11 is 0.811. The number of hydrogen-bond acceptors (Lipinski definition) is 6. The van der Waals surface area contributed by atoms with Crippen molar-refractivity contribution < 1.29 is 23.9 Å². The van der Waals surface area contributed by atoms with Crippen molar-refractivity contribution in [3.05, 3.63) is 58.5 Å². The van der Waals surface area contributed by atoms with Crippen LogP contribution in [0.25, 0.3) is 6.08 Å². The number of carbonyl (C=O) groups is 3. The second-order valence-corrected chi connectivity index (χ2v) is 9.02. The highest BCUT2D eigenvalue weighted by Crippen LogP contribution is 2.34. The molecule has 1 heterocycles. The van der Waals surface area contributed by atoms with Crippen LogP contribution in [-0.2, 0) is 9.59 Å². The van der Waals surface area contributed by atoms with Crippen LogP contribution in [0.3, 0.4) is 0 Å². The van der Waals surface area contributed by atoms with Crippen LogP contribution in [0.1, 0.15) is 31.9 Å². The van der Waals surface area contributed by atoms with Crippen molar-refractivity contribution in [2.75, 3.05) is 25.1 Å². The standard InChI is InChI=1S/C25H28N2O5S/c1-5-31-21-12-18(8-11-20(21)32-15-16(2)3)13-22-24(29)27(25(30)33-22)14-23(28)26-19-9-6-17(4)7-10-19/h6-13,16H,5,14-15H2,1-4H3,(H,26,28)/b22-13-. The number of aryl methyl sites for hydroxylation is 1. The first-order valence-corrected chi connectivity index (χ1v) is 11.6. The van der Waals surface area contributed by atoms with E-state index >= 15 is 0 Å². The number of ether oxygens (including phenoxy) is 2. The number of amides is 3. The average molecular weight is 469 g/mol. The van der Waals surface area contributed by atoms with Gasteiger partial charge in [-0.3, -0.25) is 19.3 Å². The Morgan fingerprint density at radius 1 is 1.09 bits per heavy atom. The Hall–Kier alpha value is -3.26. The van der Waals surface area contributed by atoms with E-state index in [1.54, 1.807) is 36.4 Å². The summed E-state index contributed by atoms with van der Waals surface area (Å²) < 4.78 is 11.5. The number of imide groups is 1. The lowest BCUT2D eigenvalue weighted by Crippen LogP contribution is -2.36. The van der Waals surface area contributed by atoms with Gasteiger partial charge in [-0.05, 0) is 67.4 Å². The van der Waals surface area contributed by atoms with E-state index < -0.39 is 17.1 Å². The second kappa shape index (κ2) is 11.0. The fourth-order valence-corrected chi connectivity index (χ4v) is 3.87. The molecule has 1 N–H and O–H groups in total. The molecular formula is C25H28N2O5S. The van der Waals surface area contributed by atoms with Crippen LogP contribution in [0.15, 0.2) is 47.4 Å². The molecule has 0 atom stereocenters. The molecule has 8 heteroatoms. The lowest BCUT2D eigenvalue weighted by atomic mass is 10.1. The van der Waals surface area contributed by atoms with Crippen LogP contribution in [-0.4, -0.2) is 41.7 Å². The first-order chi connectivity index (χ1) is 15.8. The molecule has 3 rings (SSSR count). The van der Waals surface area contributed by atoms with Gasteiger partial charge in [0.25, 0.3) is 11.1 Å². The molecule has 0 unspecified atom stereocenters. The smallest absolute Gasteiger partial charge is 0.294 e. The molecule has 1 saturated heterocycles. The monoisotopic (exact) mass is 468 g/mol. The van der Waals surface area contributed by atoms with Crippen molar-refractivity contribution in [3.8, 4) is 11.5 Å². The molecular weight excluding hydrogens is 440 g/mol. The predicted molar refractivity (Wildman–Crippen MR) is 130 cm³/mol. The molecule has 1 aliphatic rings. The highest BCUT2D eigenvalue weighted by Gasteiger charge is 2.36. The van der Waals surface area contributed by atoms with Crippen LogP contribution in [0.4, 0.5) is 10.5 Å². The zero-order chi connectivity index (χ0) is 24.0. The summed E-state index contributed by atoms with van der Waals surface area (Å²) in [6.45, 7) is 8.63. The number of carbonyl (C=O) groups excluding carboxylic acids is 3. The summed E-state index contributed by atoms with van der Waals surface area (Å²) in [5.41, 5.74) is 2.37. The van der Waals surface area contributed by atoms with Crippen LogP contribution in [0.5, 0.6) is 11.5 Å². The van der Waals surface area contributed by atoms with Crippen molar-refractivity contribution in [2.45, 2.75) is 27.7 Å². The van der Waals surface area contributed by atoms with Gasteiger partial charge in [-0.15, -0.1) is 0 Å². The fraction of sp³-hybridized carbons (Fsp3) is 0.320. The Labute approximate surface area is 198 Å². The lowest BCUT2D eigenvalue weighted by molar-refractivity contribution is -0.127. The van der Waals surface area contributed by atoms with Crippen molar-refractivity contribution >= 4 is 40.6 Å². The minimum atomic E-state index is -0.498. The molecule has 0 saturated carbocycles. The zero-order valence-corrected chi connectivity index (χ0v) is 20.0. The normalized spacial score (nSPS) is 14.8. The Morgan fingerprint density at radius 2 is 1.82 bits per heavy atom. The van der Waals surface area contributed by atoms with Gasteiger partial charge in [-0.1, -0.05) is 37.6 Å². The Morgan fingerprint density at radius 3 is 2.48 bits per heavy atom. The molecule has 7 nitrogen and oxygen atoms in total. The largest absolute Gasteiger partial charge is 0.490 e. The first kappa shape index (κ1) is 24.4. The highest BCUT2D eigenvalue weighted by molar-refractivity contribution is 8.18. The van der Waals surface area contributed by atoms with E-state index in [0.717, 1.165) is 22.2 Å². The average Bonchev–Trinajstić information content (AvgIpc) is 3.02. The number of anilines is 1. The van der Waals surface area contributed by atoms with E-state index in [-0.39, 0.29) is 11.4 Å². The van der Waals surface area contributed by atoms with Gasteiger partial charge in [-0.2, -0.15) is 0 Å². The van der Waals surface area contributed by atoms with Crippen LogP contribution in [0, 0.1) is 12.8 Å². The first-order valence-electron chi connectivity index (χ1n) is 10.8. The Balaban J connectivity index is 1.71. The van der Waals surface area contributed by atoms with E-state index in [1.807, 2.05) is 26.0 Å². The summed E-state index contributed by atoms with van der Waals surface area (Å²) in [5.74, 6) is 0.635. The van der Waals surface area contributed by atoms with Gasteiger partial charge in [-0.25, -0.2) is 0 Å². The second-order valence-electron chi connectivity index (χ2n) is 8.03. The van der Waals surface area contributed by atoms with E-state index in [2.05, 4.69) is 19.2 Å². The maximum absolute atomic E-state index is 12.8. The third-order valence-electron chi connectivity index (χ3n) is 4.65. The number of hydrogen-bond donors (Lipinski definition) is 1. The highest BCUT2D eigenvalue weighted by atomic mass is 32.2. The molecule has 1 aliphatic heterocycles. The van der Waals surface area contributed by atoms with Crippen molar-refractivity contribution in [2.24, 2.45) is 5.92 Å². The quantitative estimate of drug-likeness (QED) is 0.515. The molecule has 33 heavy (non-hydrogen) atoms. The van der Waals surface area contributed by atoms with Crippen molar-refractivity contribution in [1.29, 1.82) is 0 Å². The summed E-state index contributed by atoms with van der Waals surface area (Å²) in [6, 6.07) is 12.6. The van der Waals surface area contributed by atoms with Crippen molar-refractivity contribution in [1.82, 2.24) is 4.90 Å². The minimum absolute atomic E-state index is 0.251. The van der Waals surface area contributed by atoms with E-state index in [4.69, 9.17) is 9.47 Å². The molecule has 0 radical (unpaired) electrons. The number of thioether (sulfide) groups is 1. The summed E-state index contributed by atoms with van der Waals surface area (Å²) in [6.07, 6.45) is 1.62. The van der Waals surface area contributed by atoms with E-state index in [9.17, 15) is 14.4 Å². The van der Waals surface area contributed by atoms with Gasteiger partial charge >= 0.3 is 0 Å². The minimum Gasteiger partial charge on any atom is -0.490 e. The number of nitrogens with zero attached hydrogens (tertiary/aromatic N) is 1. The molecule has 3 amide bonds. The molecule has 0 aliphatic carbocycles. The van der Waals surface area contributed by atoms with E-state index in [0.29, 0.717) is 41.9 Å². The van der Waals surface area contributed by atoms with Crippen LogP contribution < -0.4 is 14.8 Å². The number of nitrogens with one attached hydrogen (secondary N) is 1. The van der Waals surface area contributed by atoms with E-state index in [1.165, 1.54) is 0 Å². The Bertz CT molecular complexity index is 1060. The summed E-state index contributed by atoms with van der Waals surface area (Å²) in [5, 5.41) is 2.23. The van der Waals surface area contributed by atoms with Crippen molar-refractivity contribution in [3.63, 3.8) is 0 Å². The fourth-order valence-electron chi connectivity index (χ4n) is 3.03. The van der Waals surface area contributed by atoms with Gasteiger partial charge < -0.3 is 14.8 Å². The molecule has 1 fully saturated rings. The molecule has 2 aromatic rings. The Kier molecular flexibility index (Phi) is 8.16. The summed E-state index contributed by atoms with van der Waals surface area (Å²) in [7, 11) is 0. The maximum atomic E-state index is 12.8. The van der Waals surface area contributed by atoms with Crippen LogP contribution >= 0.6 is 11.8 Å². The SMILES string of the molecule is CCOc1cc(/C=C2\SC(=O)N(CC(=O)Nc3ccc(C)cc3)C2=O)ccc1OCC(C)C. The lowest BCUT2D eigenvalue weighted by Gasteiger charge is -2.14. The molecule has 0 bridgehead atoms. The topological polar surface area (TPSA) is 84.9 Å². The number of benzene rings is 2. The molecule has 174 valence electrons. The molecule has 2 aromatic carbocycles. The summed E-state index contributed by atoms with van der Waals surface area (Å²) in [4.78, 5) is 38.7. The third-order valence-corrected chi connectivity index (χ3v) is 5.56. The predicted octanol–water partition coefficient (Wildman–Crippen LogP) is 5.10. The molecule has 0 spiro atoms. The maximum Gasteiger partial charge on any atom is 0.294 e. The third kappa shape index (κ3) is 6.61.